The summed E-state index contributed by atoms with van der Waals surface area (Å²) in [5, 5.41) is 0.431. The van der Waals surface area contributed by atoms with Crippen LogP contribution in [0.25, 0.3) is 0 Å². The van der Waals surface area contributed by atoms with Crippen molar-refractivity contribution in [1.82, 2.24) is 5.32 Å². The van der Waals surface area contributed by atoms with E-state index in [1.54, 1.807) is 54.3 Å². The predicted octanol–water partition coefficient (Wildman–Crippen LogP) is 3.30. The van der Waals surface area contributed by atoms with E-state index >= 15 is 0 Å². The number of hydrogen-bond acceptors (Lipinski definition) is 10. The van der Waals surface area contributed by atoms with Crippen LogP contribution in [0.1, 0.15) is 34.6 Å². The van der Waals surface area contributed by atoms with Crippen molar-refractivity contribution in [3.63, 3.8) is 0 Å². The highest BCUT2D eigenvalue weighted by molar-refractivity contribution is 8.15. The first-order valence-corrected chi connectivity index (χ1v) is 12.8. The molecule has 0 aliphatic carbocycles. The van der Waals surface area contributed by atoms with Gasteiger partial charge in [-0.1, -0.05) is 17.8 Å². The molecule has 2 heterocycles. The molecule has 2 aliphatic rings. The van der Waals surface area contributed by atoms with Crippen LogP contribution >= 0.6 is 23.5 Å². The molecule has 2 aliphatic heterocycles. The largest absolute Gasteiger partial charge is 0.493 e. The summed E-state index contributed by atoms with van der Waals surface area (Å²) < 4.78 is 15.8. The molecule has 1 N–H and O–H groups in total. The Morgan fingerprint density at radius 1 is 1.08 bits per heavy atom. The molecule has 4 rings (SSSR count). The van der Waals surface area contributed by atoms with Crippen molar-refractivity contribution in [2.24, 2.45) is 0 Å². The van der Waals surface area contributed by atoms with Crippen LogP contribution in [0.5, 0.6) is 11.5 Å². The molecule has 2 saturated heterocycles. The molecule has 2 aromatic carbocycles. The molecule has 188 valence electrons. The van der Waals surface area contributed by atoms with E-state index in [9.17, 15) is 24.0 Å². The number of carbonyl (C=O) groups is 5. The quantitative estimate of drug-likeness (QED) is 0.401. The Balaban J connectivity index is 1.50. The number of imide groups is 1. The Labute approximate surface area is 215 Å². The molecule has 0 bridgehead atoms. The van der Waals surface area contributed by atoms with E-state index in [0.29, 0.717) is 11.3 Å². The van der Waals surface area contributed by atoms with Gasteiger partial charge in [0.1, 0.15) is 10.6 Å². The standard InChI is InChI=1S/C24H22N2O8S2/c1-3-33-23(30)13-4-7-15(8-5-13)26-19(27)12-35-22(26)14-6-9-16(17(10-14)32-2)34-20(28)11-18-21(29)25-24(31)36-18/h4-10,18,22H,3,11-12H2,1-2H3,(H,25,29,31)/t18-,22+/m1/s1. The number of benzene rings is 2. The average molecular weight is 531 g/mol. The smallest absolute Gasteiger partial charge is 0.338 e. The van der Waals surface area contributed by atoms with Crippen molar-refractivity contribution in [1.29, 1.82) is 0 Å². The molecular weight excluding hydrogens is 508 g/mol. The van der Waals surface area contributed by atoms with Crippen LogP contribution < -0.4 is 19.7 Å². The number of hydrogen-bond donors (Lipinski definition) is 1. The number of esters is 2. The first kappa shape index (κ1) is 25.6. The van der Waals surface area contributed by atoms with Crippen LogP contribution in [0.15, 0.2) is 42.5 Å². The van der Waals surface area contributed by atoms with Gasteiger partial charge < -0.3 is 14.2 Å². The molecule has 3 amide bonds. The van der Waals surface area contributed by atoms with Crippen LogP contribution in [-0.4, -0.2) is 53.7 Å². The molecule has 2 fully saturated rings. The van der Waals surface area contributed by atoms with Crippen LogP contribution in [0, 0.1) is 0 Å². The zero-order chi connectivity index (χ0) is 25.8. The zero-order valence-electron chi connectivity index (χ0n) is 19.3. The predicted molar refractivity (Wildman–Crippen MR) is 133 cm³/mol. The second-order valence-electron chi connectivity index (χ2n) is 7.67. The zero-order valence-corrected chi connectivity index (χ0v) is 21.0. The Hall–Kier alpha value is -3.51. The van der Waals surface area contributed by atoms with E-state index < -0.39 is 28.3 Å². The van der Waals surface area contributed by atoms with Gasteiger partial charge in [-0.3, -0.25) is 29.4 Å². The molecule has 2 atom stereocenters. The Kier molecular flexibility index (Phi) is 7.85. The number of ether oxygens (including phenoxy) is 3. The third kappa shape index (κ3) is 5.49. The van der Waals surface area contributed by atoms with Gasteiger partial charge in [-0.05, 0) is 48.9 Å². The number of rotatable bonds is 8. The number of amides is 3. The topological polar surface area (TPSA) is 128 Å². The van der Waals surface area contributed by atoms with Crippen LogP contribution in [-0.2, 0) is 19.1 Å². The Bertz CT molecular complexity index is 1220. The molecule has 12 heteroatoms. The second-order valence-corrected chi connectivity index (χ2v) is 9.91. The summed E-state index contributed by atoms with van der Waals surface area (Å²) in [6.07, 6.45) is -0.268. The minimum absolute atomic E-state index is 0.0924. The molecule has 0 radical (unpaired) electrons. The fourth-order valence-corrected chi connectivity index (χ4v) is 5.66. The van der Waals surface area contributed by atoms with Crippen molar-refractivity contribution >= 4 is 58.2 Å². The summed E-state index contributed by atoms with van der Waals surface area (Å²) in [5.41, 5.74) is 1.76. The Morgan fingerprint density at radius 3 is 2.47 bits per heavy atom. The summed E-state index contributed by atoms with van der Waals surface area (Å²) in [7, 11) is 1.42. The molecule has 10 nitrogen and oxygen atoms in total. The first-order valence-electron chi connectivity index (χ1n) is 10.9. The fraction of sp³-hybridized carbons (Fsp3) is 0.292. The van der Waals surface area contributed by atoms with E-state index in [1.807, 2.05) is 0 Å². The van der Waals surface area contributed by atoms with E-state index in [2.05, 4.69) is 5.32 Å². The van der Waals surface area contributed by atoms with Crippen LogP contribution in [0.3, 0.4) is 0 Å². The second kappa shape index (κ2) is 11.0. The SMILES string of the molecule is CCOC(=O)c1ccc(N2C(=O)CS[C@H]2c2ccc(OC(=O)C[C@H]3SC(=O)NC3=O)c(OC)c2)cc1. The van der Waals surface area contributed by atoms with Gasteiger partial charge in [0.15, 0.2) is 11.5 Å². The van der Waals surface area contributed by atoms with Gasteiger partial charge in [0.2, 0.25) is 11.8 Å². The fourth-order valence-electron chi connectivity index (χ4n) is 3.69. The maximum atomic E-state index is 12.7. The molecule has 0 spiro atoms. The number of carbonyl (C=O) groups excluding carboxylic acids is 5. The van der Waals surface area contributed by atoms with Crippen LogP contribution in [0.4, 0.5) is 10.5 Å². The van der Waals surface area contributed by atoms with Crippen molar-refractivity contribution < 1.29 is 38.2 Å². The van der Waals surface area contributed by atoms with Crippen LogP contribution in [0.2, 0.25) is 0 Å². The van der Waals surface area contributed by atoms with E-state index in [1.165, 1.54) is 18.9 Å². The molecule has 0 aromatic heterocycles. The third-order valence-electron chi connectivity index (χ3n) is 5.34. The third-order valence-corrected chi connectivity index (χ3v) is 7.53. The highest BCUT2D eigenvalue weighted by Crippen LogP contribution is 2.44. The first-order chi connectivity index (χ1) is 17.3. The van der Waals surface area contributed by atoms with Crippen molar-refractivity contribution in [2.75, 3.05) is 24.4 Å². The highest BCUT2D eigenvalue weighted by Gasteiger charge is 2.36. The Morgan fingerprint density at radius 2 is 1.83 bits per heavy atom. The van der Waals surface area contributed by atoms with Gasteiger partial charge in [0, 0.05) is 5.69 Å². The van der Waals surface area contributed by atoms with Gasteiger partial charge in [-0.2, -0.15) is 0 Å². The lowest BCUT2D eigenvalue weighted by Gasteiger charge is -2.25. The van der Waals surface area contributed by atoms with Gasteiger partial charge in [-0.25, -0.2) is 4.79 Å². The lowest BCUT2D eigenvalue weighted by atomic mass is 10.1. The number of anilines is 1. The lowest BCUT2D eigenvalue weighted by molar-refractivity contribution is -0.136. The maximum absolute atomic E-state index is 12.7. The molecular formula is C24H22N2O8S2. The van der Waals surface area contributed by atoms with Gasteiger partial charge in [-0.15, -0.1) is 11.8 Å². The van der Waals surface area contributed by atoms with E-state index in [4.69, 9.17) is 14.2 Å². The maximum Gasteiger partial charge on any atom is 0.338 e. The summed E-state index contributed by atoms with van der Waals surface area (Å²) >= 11 is 2.18. The monoisotopic (exact) mass is 530 g/mol. The van der Waals surface area contributed by atoms with Crippen molar-refractivity contribution in [2.45, 2.75) is 24.0 Å². The summed E-state index contributed by atoms with van der Waals surface area (Å²) in [6, 6.07) is 11.6. The minimum Gasteiger partial charge on any atom is -0.493 e. The van der Waals surface area contributed by atoms with E-state index in [0.717, 1.165) is 17.3 Å². The summed E-state index contributed by atoms with van der Waals surface area (Å²) in [4.78, 5) is 61.6. The van der Waals surface area contributed by atoms with Gasteiger partial charge >= 0.3 is 11.9 Å². The minimum atomic E-state index is -0.833. The van der Waals surface area contributed by atoms with Crippen molar-refractivity contribution in [3.8, 4) is 11.5 Å². The molecule has 36 heavy (non-hydrogen) atoms. The van der Waals surface area contributed by atoms with Gasteiger partial charge in [0.05, 0.1) is 31.5 Å². The number of thioether (sulfide) groups is 2. The lowest BCUT2D eigenvalue weighted by Crippen LogP contribution is -2.28. The summed E-state index contributed by atoms with van der Waals surface area (Å²) in [5.74, 6) is -1.04. The number of nitrogens with one attached hydrogen (secondary N) is 1. The summed E-state index contributed by atoms with van der Waals surface area (Å²) in [6.45, 7) is 2.00. The normalized spacial score (nSPS) is 19.3. The van der Waals surface area contributed by atoms with E-state index in [-0.39, 0.29) is 41.6 Å². The number of methoxy groups -OCH3 is 1. The highest BCUT2D eigenvalue weighted by atomic mass is 32.2. The van der Waals surface area contributed by atoms with Crippen molar-refractivity contribution in [3.05, 3.63) is 53.6 Å². The molecule has 2 aromatic rings. The molecule has 0 saturated carbocycles. The molecule has 0 unspecified atom stereocenters. The van der Waals surface area contributed by atoms with Gasteiger partial charge in [0.25, 0.3) is 5.24 Å². The average Bonchev–Trinajstić information content (AvgIpc) is 3.40. The number of nitrogens with zero attached hydrogens (tertiary/aromatic N) is 1.